The molecule has 1 unspecified atom stereocenters. The zero-order valence-corrected chi connectivity index (χ0v) is 10.4. The van der Waals surface area contributed by atoms with Crippen molar-refractivity contribution in [3.05, 3.63) is 24.2 Å². The second kappa shape index (κ2) is 5.37. The van der Waals surface area contributed by atoms with Gasteiger partial charge in [-0.15, -0.1) is 0 Å². The lowest BCUT2D eigenvalue weighted by molar-refractivity contribution is 0.404. The number of hydrogen-bond acceptors (Lipinski definition) is 3. The first-order chi connectivity index (χ1) is 8.24. The van der Waals surface area contributed by atoms with Crippen molar-refractivity contribution >= 4 is 0 Å². The van der Waals surface area contributed by atoms with E-state index < -0.39 is 0 Å². The molecule has 1 fully saturated rings. The summed E-state index contributed by atoms with van der Waals surface area (Å²) in [6.07, 6.45) is 6.89. The highest BCUT2D eigenvalue weighted by Gasteiger charge is 2.42. The van der Waals surface area contributed by atoms with E-state index in [2.05, 4.69) is 18.3 Å². The molecule has 0 aromatic carbocycles. The Morgan fingerprint density at radius 2 is 2.41 bits per heavy atom. The van der Waals surface area contributed by atoms with E-state index in [1.165, 1.54) is 12.8 Å². The molecule has 1 aromatic rings. The molecule has 3 nitrogen and oxygen atoms in total. The van der Waals surface area contributed by atoms with E-state index in [0.717, 1.165) is 25.1 Å². The quantitative estimate of drug-likeness (QED) is 0.786. The number of nitrogens with one attached hydrogen (secondary N) is 1. The van der Waals surface area contributed by atoms with Crippen LogP contribution in [0.4, 0.5) is 0 Å². The van der Waals surface area contributed by atoms with Crippen molar-refractivity contribution < 1.29 is 4.42 Å². The Kier molecular flexibility index (Phi) is 3.86. The summed E-state index contributed by atoms with van der Waals surface area (Å²) in [6, 6.07) is 6.72. The van der Waals surface area contributed by atoms with Gasteiger partial charge in [0, 0.05) is 25.4 Å². The van der Waals surface area contributed by atoms with Gasteiger partial charge in [0.15, 0.2) is 0 Å². The van der Waals surface area contributed by atoms with Crippen LogP contribution in [0.15, 0.2) is 22.8 Å². The van der Waals surface area contributed by atoms with Gasteiger partial charge in [-0.3, -0.25) is 0 Å². The van der Waals surface area contributed by atoms with Crippen LogP contribution in [-0.4, -0.2) is 12.6 Å². The van der Waals surface area contributed by atoms with Crippen molar-refractivity contribution in [3.8, 4) is 6.07 Å². The average molecular weight is 232 g/mol. The molecule has 1 N–H and O–H groups in total. The van der Waals surface area contributed by atoms with E-state index in [1.807, 2.05) is 12.1 Å². The molecule has 1 aliphatic carbocycles. The van der Waals surface area contributed by atoms with Gasteiger partial charge in [0.1, 0.15) is 5.76 Å². The summed E-state index contributed by atoms with van der Waals surface area (Å²) in [6.45, 7) is 3.19. The normalized spacial score (nSPS) is 18.6. The van der Waals surface area contributed by atoms with Crippen molar-refractivity contribution in [2.24, 2.45) is 5.41 Å². The van der Waals surface area contributed by atoms with Crippen LogP contribution in [0.1, 0.15) is 38.4 Å². The van der Waals surface area contributed by atoms with Gasteiger partial charge in [-0.25, -0.2) is 0 Å². The lowest BCUT2D eigenvalue weighted by atomic mass is 10.0. The summed E-state index contributed by atoms with van der Waals surface area (Å²) >= 11 is 0. The van der Waals surface area contributed by atoms with Crippen LogP contribution in [0.3, 0.4) is 0 Å². The zero-order chi connectivity index (χ0) is 12.1. The Morgan fingerprint density at radius 3 is 3.00 bits per heavy atom. The number of hydrogen-bond donors (Lipinski definition) is 1. The number of furan rings is 1. The van der Waals surface area contributed by atoms with Gasteiger partial charge in [0.25, 0.3) is 0 Å². The Hall–Kier alpha value is -1.27. The van der Waals surface area contributed by atoms with Gasteiger partial charge in [-0.1, -0.05) is 0 Å². The van der Waals surface area contributed by atoms with Gasteiger partial charge < -0.3 is 9.73 Å². The van der Waals surface area contributed by atoms with E-state index in [0.29, 0.717) is 17.9 Å². The van der Waals surface area contributed by atoms with Crippen LogP contribution in [-0.2, 0) is 6.42 Å². The Balaban J connectivity index is 1.64. The number of nitrogens with zero attached hydrogens (tertiary/aromatic N) is 1. The summed E-state index contributed by atoms with van der Waals surface area (Å²) < 4.78 is 5.31. The molecular formula is C14H20N2O. The minimum Gasteiger partial charge on any atom is -0.469 e. The summed E-state index contributed by atoms with van der Waals surface area (Å²) in [4.78, 5) is 0. The van der Waals surface area contributed by atoms with E-state index in [1.54, 1.807) is 6.26 Å². The third-order valence-electron chi connectivity index (χ3n) is 3.64. The highest BCUT2D eigenvalue weighted by Crippen LogP contribution is 2.47. The van der Waals surface area contributed by atoms with Gasteiger partial charge in [-0.2, -0.15) is 5.26 Å². The molecule has 1 aromatic heterocycles. The molecule has 1 saturated carbocycles. The molecule has 1 atom stereocenters. The van der Waals surface area contributed by atoms with Crippen molar-refractivity contribution in [3.63, 3.8) is 0 Å². The molecule has 1 aliphatic rings. The van der Waals surface area contributed by atoms with E-state index in [-0.39, 0.29) is 0 Å². The molecule has 0 bridgehead atoms. The predicted octanol–water partition coefficient (Wildman–Crippen LogP) is 2.88. The summed E-state index contributed by atoms with van der Waals surface area (Å²) in [5.74, 6) is 1.05. The van der Waals surface area contributed by atoms with Crippen LogP contribution >= 0.6 is 0 Å². The first-order valence-corrected chi connectivity index (χ1v) is 6.37. The highest BCUT2D eigenvalue weighted by molar-refractivity contribution is 5.01. The fourth-order valence-corrected chi connectivity index (χ4v) is 2.07. The highest BCUT2D eigenvalue weighted by atomic mass is 16.3. The number of nitriles is 1. The molecule has 0 amide bonds. The summed E-state index contributed by atoms with van der Waals surface area (Å²) in [5, 5.41) is 12.3. The van der Waals surface area contributed by atoms with Crippen LogP contribution in [0.2, 0.25) is 0 Å². The van der Waals surface area contributed by atoms with Gasteiger partial charge >= 0.3 is 0 Å². The van der Waals surface area contributed by atoms with Gasteiger partial charge in [-0.05, 0) is 43.7 Å². The van der Waals surface area contributed by atoms with Crippen LogP contribution in [0.25, 0.3) is 0 Å². The summed E-state index contributed by atoms with van der Waals surface area (Å²) in [7, 11) is 0. The fraction of sp³-hybridized carbons (Fsp3) is 0.643. The van der Waals surface area contributed by atoms with Crippen molar-refractivity contribution in [1.29, 1.82) is 5.26 Å². The fourth-order valence-electron chi connectivity index (χ4n) is 2.07. The largest absolute Gasteiger partial charge is 0.469 e. The third-order valence-corrected chi connectivity index (χ3v) is 3.64. The predicted molar refractivity (Wildman–Crippen MR) is 66.4 cm³/mol. The van der Waals surface area contributed by atoms with Crippen molar-refractivity contribution in [1.82, 2.24) is 5.32 Å². The van der Waals surface area contributed by atoms with Crippen molar-refractivity contribution in [2.75, 3.05) is 6.54 Å². The molecule has 0 saturated heterocycles. The lowest BCUT2D eigenvalue weighted by Crippen LogP contribution is -2.32. The van der Waals surface area contributed by atoms with Gasteiger partial charge in [0.2, 0.25) is 0 Å². The van der Waals surface area contributed by atoms with Crippen LogP contribution in [0, 0.1) is 16.7 Å². The summed E-state index contributed by atoms with van der Waals surface area (Å²) in [5.41, 5.74) is 0.299. The molecule has 92 valence electrons. The standard InChI is InChI=1S/C14H20N2O/c1-12(4-5-13-3-2-10-17-13)16-11-14(6-7-14)8-9-15/h2-3,10,12,16H,4-8,11H2,1H3. The van der Waals surface area contributed by atoms with E-state index >= 15 is 0 Å². The molecule has 1 heterocycles. The molecule has 17 heavy (non-hydrogen) atoms. The Bertz CT molecular complexity index is 373. The SMILES string of the molecule is CC(CCc1ccco1)NCC1(CC#N)CC1. The smallest absolute Gasteiger partial charge is 0.103 e. The molecule has 2 rings (SSSR count). The average Bonchev–Trinajstić information content (AvgIpc) is 2.90. The maximum absolute atomic E-state index is 8.75. The second-order valence-corrected chi connectivity index (χ2v) is 5.23. The topological polar surface area (TPSA) is 49.0 Å². The molecular weight excluding hydrogens is 212 g/mol. The van der Waals surface area contributed by atoms with E-state index in [9.17, 15) is 0 Å². The minimum atomic E-state index is 0.299. The molecule has 0 spiro atoms. The maximum Gasteiger partial charge on any atom is 0.103 e. The zero-order valence-electron chi connectivity index (χ0n) is 10.4. The third kappa shape index (κ3) is 3.61. The van der Waals surface area contributed by atoms with Crippen molar-refractivity contribution in [2.45, 2.75) is 45.1 Å². The minimum absolute atomic E-state index is 0.299. The molecule has 0 radical (unpaired) electrons. The lowest BCUT2D eigenvalue weighted by Gasteiger charge is -2.17. The monoisotopic (exact) mass is 232 g/mol. The van der Waals surface area contributed by atoms with Crippen LogP contribution < -0.4 is 5.32 Å². The van der Waals surface area contributed by atoms with E-state index in [4.69, 9.17) is 9.68 Å². The maximum atomic E-state index is 8.75. The first kappa shape index (κ1) is 12.2. The number of rotatable bonds is 7. The Labute approximate surface area is 103 Å². The first-order valence-electron chi connectivity index (χ1n) is 6.37. The number of aryl methyl sites for hydroxylation is 1. The van der Waals surface area contributed by atoms with Crippen LogP contribution in [0.5, 0.6) is 0 Å². The molecule has 3 heteroatoms. The second-order valence-electron chi connectivity index (χ2n) is 5.23. The Morgan fingerprint density at radius 1 is 1.59 bits per heavy atom. The molecule has 0 aliphatic heterocycles. The van der Waals surface area contributed by atoms with Gasteiger partial charge in [0.05, 0.1) is 12.3 Å².